The number of hydrogen-bond acceptors (Lipinski definition) is 3. The molecule has 2 fully saturated rings. The van der Waals surface area contributed by atoms with E-state index in [1.54, 1.807) is 4.90 Å². The van der Waals surface area contributed by atoms with E-state index in [2.05, 4.69) is 11.8 Å². The smallest absolute Gasteiger partial charge is 0.298 e. The van der Waals surface area contributed by atoms with Crippen molar-refractivity contribution in [1.82, 2.24) is 4.90 Å². The third-order valence-electron chi connectivity index (χ3n) is 5.18. The van der Waals surface area contributed by atoms with Gasteiger partial charge in [-0.25, -0.2) is 0 Å². The molecule has 4 nitrogen and oxygen atoms in total. The maximum Gasteiger partial charge on any atom is 0.298 e. The van der Waals surface area contributed by atoms with E-state index in [9.17, 15) is 9.90 Å². The lowest BCUT2D eigenvalue weighted by molar-refractivity contribution is -0.209. The van der Waals surface area contributed by atoms with Crippen molar-refractivity contribution in [3.8, 4) is 11.8 Å². The molecule has 1 aromatic rings. The molecule has 0 bridgehead atoms. The topological polar surface area (TPSA) is 49.8 Å². The van der Waals surface area contributed by atoms with Gasteiger partial charge in [-0.3, -0.25) is 4.79 Å². The van der Waals surface area contributed by atoms with Gasteiger partial charge in [-0.15, -0.1) is 0 Å². The van der Waals surface area contributed by atoms with Crippen LogP contribution in [0.1, 0.15) is 31.7 Å². The number of hydrogen-bond donors (Lipinski definition) is 1. The average molecular weight is 313 g/mol. The fourth-order valence-electron chi connectivity index (χ4n) is 3.67. The molecule has 122 valence electrons. The standard InChI is InChI=1S/C19H23NO3/c1-2-23-17-14-16(21)19(17)10-12-20(13-11-19)18(22)9-8-15-6-4-3-5-7-15/h3-7,16-17,21H,2,10-14H2,1H3/t16-,17-/m0/s1. The monoisotopic (exact) mass is 313 g/mol. The lowest BCUT2D eigenvalue weighted by Gasteiger charge is -2.56. The summed E-state index contributed by atoms with van der Waals surface area (Å²) < 4.78 is 5.75. The number of aliphatic hydroxyl groups is 1. The second-order valence-electron chi connectivity index (χ2n) is 6.34. The molecule has 2 aliphatic rings. The van der Waals surface area contributed by atoms with Crippen molar-refractivity contribution in [1.29, 1.82) is 0 Å². The molecule has 0 aromatic heterocycles. The van der Waals surface area contributed by atoms with Crippen LogP contribution >= 0.6 is 0 Å². The van der Waals surface area contributed by atoms with Gasteiger partial charge in [-0.2, -0.15) is 0 Å². The quantitative estimate of drug-likeness (QED) is 0.847. The number of piperidine rings is 1. The van der Waals surface area contributed by atoms with Crippen molar-refractivity contribution in [3.05, 3.63) is 35.9 Å². The average Bonchev–Trinajstić information content (AvgIpc) is 2.60. The first-order valence-electron chi connectivity index (χ1n) is 8.31. The molecule has 1 saturated carbocycles. The molecule has 0 unspecified atom stereocenters. The van der Waals surface area contributed by atoms with Gasteiger partial charge in [0.1, 0.15) is 0 Å². The highest BCUT2D eigenvalue weighted by atomic mass is 16.5. The molecular weight excluding hydrogens is 290 g/mol. The van der Waals surface area contributed by atoms with Crippen molar-refractivity contribution in [2.75, 3.05) is 19.7 Å². The zero-order valence-corrected chi connectivity index (χ0v) is 13.5. The second kappa shape index (κ2) is 6.74. The number of benzene rings is 1. The number of carbonyl (C=O) groups excluding carboxylic acids is 1. The molecule has 4 heteroatoms. The maximum atomic E-state index is 12.2. The van der Waals surface area contributed by atoms with Crippen LogP contribution in [0.2, 0.25) is 0 Å². The summed E-state index contributed by atoms with van der Waals surface area (Å²) in [5, 5.41) is 10.2. The predicted octanol–water partition coefficient (Wildman–Crippen LogP) is 1.82. The Hall–Kier alpha value is -1.83. The fourth-order valence-corrected chi connectivity index (χ4v) is 3.67. The number of ether oxygens (including phenoxy) is 1. The van der Waals surface area contributed by atoms with E-state index in [0.29, 0.717) is 19.7 Å². The molecule has 1 N–H and O–H groups in total. The molecule has 1 aromatic carbocycles. The minimum Gasteiger partial charge on any atom is -0.392 e. The summed E-state index contributed by atoms with van der Waals surface area (Å²) in [6, 6.07) is 9.53. The highest BCUT2D eigenvalue weighted by Gasteiger charge is 2.56. The van der Waals surface area contributed by atoms with E-state index in [-0.39, 0.29) is 23.5 Å². The van der Waals surface area contributed by atoms with Gasteiger partial charge in [0, 0.05) is 43.0 Å². The number of rotatable bonds is 2. The minimum absolute atomic E-state index is 0.134. The van der Waals surface area contributed by atoms with Crippen LogP contribution in [-0.2, 0) is 9.53 Å². The molecule has 1 spiro atoms. The molecule has 1 aliphatic heterocycles. The first-order valence-corrected chi connectivity index (χ1v) is 8.31. The van der Waals surface area contributed by atoms with Crippen molar-refractivity contribution in [2.24, 2.45) is 5.41 Å². The zero-order valence-electron chi connectivity index (χ0n) is 13.5. The predicted molar refractivity (Wildman–Crippen MR) is 87.6 cm³/mol. The van der Waals surface area contributed by atoms with Crippen molar-refractivity contribution < 1.29 is 14.6 Å². The van der Waals surface area contributed by atoms with E-state index in [1.807, 2.05) is 37.3 Å². The van der Waals surface area contributed by atoms with E-state index in [0.717, 1.165) is 24.8 Å². The number of nitrogens with zero attached hydrogens (tertiary/aromatic N) is 1. The third kappa shape index (κ3) is 3.12. The van der Waals surface area contributed by atoms with Gasteiger partial charge in [-0.1, -0.05) is 24.1 Å². The first-order chi connectivity index (χ1) is 11.2. The zero-order chi connectivity index (χ0) is 16.3. The molecule has 3 rings (SSSR count). The Morgan fingerprint density at radius 1 is 1.35 bits per heavy atom. The summed E-state index contributed by atoms with van der Waals surface area (Å²) in [5.74, 6) is 5.50. The van der Waals surface area contributed by atoms with Gasteiger partial charge in [0.2, 0.25) is 0 Å². The summed E-state index contributed by atoms with van der Waals surface area (Å²) in [6.45, 7) is 3.94. The number of carbonyl (C=O) groups is 1. The molecule has 1 aliphatic carbocycles. The summed E-state index contributed by atoms with van der Waals surface area (Å²) in [7, 11) is 0. The van der Waals surface area contributed by atoms with Crippen LogP contribution in [0.5, 0.6) is 0 Å². The van der Waals surface area contributed by atoms with Gasteiger partial charge in [-0.05, 0) is 31.9 Å². The Balaban J connectivity index is 1.59. The van der Waals surface area contributed by atoms with E-state index in [1.165, 1.54) is 0 Å². The van der Waals surface area contributed by atoms with Crippen LogP contribution in [0.4, 0.5) is 0 Å². The Kier molecular flexibility index (Phi) is 4.70. The molecule has 1 heterocycles. The number of aliphatic hydroxyl groups excluding tert-OH is 1. The van der Waals surface area contributed by atoms with Crippen LogP contribution in [0.15, 0.2) is 30.3 Å². The largest absolute Gasteiger partial charge is 0.392 e. The summed E-state index contributed by atoms with van der Waals surface area (Å²) in [6.07, 6.45) is 2.13. The first kappa shape index (κ1) is 16.0. The molecule has 1 saturated heterocycles. The molecule has 1 amide bonds. The summed E-state index contributed by atoms with van der Waals surface area (Å²) in [4.78, 5) is 14.0. The maximum absolute atomic E-state index is 12.2. The van der Waals surface area contributed by atoms with E-state index in [4.69, 9.17) is 4.74 Å². The van der Waals surface area contributed by atoms with Crippen molar-refractivity contribution in [3.63, 3.8) is 0 Å². The van der Waals surface area contributed by atoms with Crippen LogP contribution in [0, 0.1) is 17.3 Å². The van der Waals surface area contributed by atoms with Crippen LogP contribution in [0.3, 0.4) is 0 Å². The minimum atomic E-state index is -0.299. The summed E-state index contributed by atoms with van der Waals surface area (Å²) in [5.41, 5.74) is 0.694. The molecule has 0 radical (unpaired) electrons. The molecular formula is C19H23NO3. The van der Waals surface area contributed by atoms with Gasteiger partial charge < -0.3 is 14.7 Å². The van der Waals surface area contributed by atoms with E-state index >= 15 is 0 Å². The van der Waals surface area contributed by atoms with Crippen molar-refractivity contribution >= 4 is 5.91 Å². The highest BCUT2D eigenvalue weighted by molar-refractivity contribution is 5.94. The SMILES string of the molecule is CCO[C@H]1C[C@H](O)C12CCN(C(=O)C#Cc1ccccc1)CC2. The van der Waals surface area contributed by atoms with Gasteiger partial charge in [0.25, 0.3) is 5.91 Å². The molecule has 23 heavy (non-hydrogen) atoms. The Morgan fingerprint density at radius 2 is 2.04 bits per heavy atom. The van der Waals surface area contributed by atoms with Gasteiger partial charge >= 0.3 is 0 Å². The normalized spacial score (nSPS) is 25.4. The van der Waals surface area contributed by atoms with E-state index < -0.39 is 0 Å². The van der Waals surface area contributed by atoms with Crippen molar-refractivity contribution in [2.45, 2.75) is 38.4 Å². The van der Waals surface area contributed by atoms with Gasteiger partial charge in [0.15, 0.2) is 0 Å². The summed E-state index contributed by atoms with van der Waals surface area (Å²) >= 11 is 0. The van der Waals surface area contributed by atoms with Gasteiger partial charge in [0.05, 0.1) is 12.2 Å². The fraction of sp³-hybridized carbons (Fsp3) is 0.526. The third-order valence-corrected chi connectivity index (χ3v) is 5.18. The van der Waals surface area contributed by atoms with Crippen LogP contribution < -0.4 is 0 Å². The Morgan fingerprint density at radius 3 is 2.65 bits per heavy atom. The number of likely N-dealkylation sites (tertiary alicyclic amines) is 1. The van der Waals surface area contributed by atoms with Crippen LogP contribution in [-0.4, -0.2) is 47.8 Å². The highest BCUT2D eigenvalue weighted by Crippen LogP contribution is 2.50. The Labute approximate surface area is 137 Å². The lowest BCUT2D eigenvalue weighted by Crippen LogP contribution is -2.62. The second-order valence-corrected chi connectivity index (χ2v) is 6.34. The molecule has 2 atom stereocenters. The Bertz CT molecular complexity index is 606. The lowest BCUT2D eigenvalue weighted by atomic mass is 9.58. The number of amides is 1. The van der Waals surface area contributed by atoms with Crippen LogP contribution in [0.25, 0.3) is 0 Å².